The van der Waals surface area contributed by atoms with E-state index in [4.69, 9.17) is 0 Å². The molecule has 4 rings (SSSR count). The zero-order valence-corrected chi connectivity index (χ0v) is 15.8. The first-order valence-electron chi connectivity index (χ1n) is 9.55. The predicted octanol–water partition coefficient (Wildman–Crippen LogP) is 3.50. The Morgan fingerprint density at radius 2 is 1.83 bits per heavy atom. The summed E-state index contributed by atoms with van der Waals surface area (Å²) in [6, 6.07) is 15.2. The van der Waals surface area contributed by atoms with Gasteiger partial charge in [-0.15, -0.1) is 0 Å². The van der Waals surface area contributed by atoms with Crippen LogP contribution in [0.3, 0.4) is 0 Å². The quantitative estimate of drug-likeness (QED) is 0.739. The second-order valence-electron chi connectivity index (χ2n) is 7.07. The molecule has 1 N–H and O–H groups in total. The number of rotatable bonds is 4. The van der Waals surface area contributed by atoms with Crippen LogP contribution in [0.25, 0.3) is 5.69 Å². The van der Waals surface area contributed by atoms with Crippen LogP contribution in [0, 0.1) is 11.7 Å². The molecule has 1 aliphatic rings. The number of carbonyl (C=O) groups is 2. The van der Waals surface area contributed by atoms with Gasteiger partial charge in [0.05, 0.1) is 18.4 Å². The summed E-state index contributed by atoms with van der Waals surface area (Å²) in [6.07, 6.45) is 4.52. The number of hydrogen-bond donors (Lipinski definition) is 1. The zero-order valence-electron chi connectivity index (χ0n) is 15.8. The van der Waals surface area contributed by atoms with Crippen LogP contribution in [0.4, 0.5) is 10.1 Å². The van der Waals surface area contributed by atoms with Crippen LogP contribution >= 0.6 is 0 Å². The van der Waals surface area contributed by atoms with Crippen LogP contribution in [0.1, 0.15) is 23.3 Å². The highest BCUT2D eigenvalue weighted by molar-refractivity contribution is 5.95. The molecule has 6 nitrogen and oxygen atoms in total. The molecule has 3 aromatic rings. The fourth-order valence-corrected chi connectivity index (χ4v) is 3.56. The van der Waals surface area contributed by atoms with E-state index in [0.29, 0.717) is 24.5 Å². The van der Waals surface area contributed by atoms with Crippen LogP contribution in [0.15, 0.2) is 67.1 Å². The van der Waals surface area contributed by atoms with Crippen molar-refractivity contribution in [3.8, 4) is 5.69 Å². The van der Waals surface area contributed by atoms with Crippen LogP contribution in [-0.4, -0.2) is 39.4 Å². The minimum absolute atomic E-state index is 0.0826. The Bertz CT molecular complexity index is 1000. The molecule has 1 aliphatic heterocycles. The molecule has 7 heteroatoms. The van der Waals surface area contributed by atoms with Crippen molar-refractivity contribution in [2.75, 3.05) is 18.4 Å². The average molecular weight is 392 g/mol. The van der Waals surface area contributed by atoms with Crippen molar-refractivity contribution in [2.45, 2.75) is 12.8 Å². The van der Waals surface area contributed by atoms with Gasteiger partial charge in [-0.25, -0.2) is 9.37 Å². The number of anilines is 1. The van der Waals surface area contributed by atoms with Crippen LogP contribution in [0.2, 0.25) is 0 Å². The lowest BCUT2D eigenvalue weighted by Crippen LogP contribution is -2.44. The first kappa shape index (κ1) is 18.9. The highest BCUT2D eigenvalue weighted by Gasteiger charge is 2.30. The summed E-state index contributed by atoms with van der Waals surface area (Å²) in [4.78, 5) is 31.5. The number of carbonyl (C=O) groups excluding carboxylic acids is 2. The maximum atomic E-state index is 13.2. The summed E-state index contributed by atoms with van der Waals surface area (Å²) in [5.41, 5.74) is 1.79. The van der Waals surface area contributed by atoms with Gasteiger partial charge < -0.3 is 10.2 Å². The number of likely N-dealkylation sites (tertiary alicyclic amines) is 1. The summed E-state index contributed by atoms with van der Waals surface area (Å²) in [6.45, 7) is 0.939. The van der Waals surface area contributed by atoms with Gasteiger partial charge in [-0.1, -0.05) is 18.2 Å². The second kappa shape index (κ2) is 8.26. The van der Waals surface area contributed by atoms with Gasteiger partial charge >= 0.3 is 0 Å². The van der Waals surface area contributed by atoms with Crippen molar-refractivity contribution in [1.82, 2.24) is 14.5 Å². The Kier molecular flexibility index (Phi) is 5.37. The maximum Gasteiger partial charge on any atom is 0.272 e. The molecule has 29 heavy (non-hydrogen) atoms. The van der Waals surface area contributed by atoms with Gasteiger partial charge in [0.2, 0.25) is 5.91 Å². The number of hydrogen-bond acceptors (Lipinski definition) is 3. The van der Waals surface area contributed by atoms with Gasteiger partial charge in [0.25, 0.3) is 5.91 Å². The number of imidazole rings is 1. The van der Waals surface area contributed by atoms with E-state index in [0.717, 1.165) is 18.5 Å². The van der Waals surface area contributed by atoms with Gasteiger partial charge in [-0.3, -0.25) is 14.2 Å². The molecule has 0 aliphatic carbocycles. The van der Waals surface area contributed by atoms with Gasteiger partial charge in [0, 0.05) is 24.5 Å². The highest BCUT2D eigenvalue weighted by atomic mass is 19.1. The molecule has 148 valence electrons. The van der Waals surface area contributed by atoms with E-state index >= 15 is 0 Å². The van der Waals surface area contributed by atoms with Gasteiger partial charge in [0.15, 0.2) is 0 Å². The Hall–Kier alpha value is -3.48. The molecular formula is C22H21FN4O2. The Morgan fingerprint density at radius 1 is 1.07 bits per heavy atom. The number of aromatic nitrogens is 2. The average Bonchev–Trinajstić information content (AvgIpc) is 3.24. The summed E-state index contributed by atoms with van der Waals surface area (Å²) < 4.78 is 14.8. The fourth-order valence-electron chi connectivity index (χ4n) is 3.56. The van der Waals surface area contributed by atoms with Crippen molar-refractivity contribution >= 4 is 17.5 Å². The Labute approximate surface area is 168 Å². The molecule has 2 aromatic carbocycles. The number of para-hydroxylation sites is 1. The van der Waals surface area contributed by atoms with E-state index in [9.17, 15) is 14.0 Å². The molecule has 0 saturated carbocycles. The van der Waals surface area contributed by atoms with Crippen LogP contribution < -0.4 is 5.32 Å². The van der Waals surface area contributed by atoms with E-state index in [-0.39, 0.29) is 23.5 Å². The predicted molar refractivity (Wildman–Crippen MR) is 107 cm³/mol. The molecule has 2 amide bonds. The monoisotopic (exact) mass is 392 g/mol. The molecule has 1 fully saturated rings. The molecule has 1 aromatic heterocycles. The molecule has 0 spiro atoms. The zero-order chi connectivity index (χ0) is 20.2. The summed E-state index contributed by atoms with van der Waals surface area (Å²) in [5.74, 6) is -0.884. The van der Waals surface area contributed by atoms with Gasteiger partial charge in [0.1, 0.15) is 11.5 Å². The number of amides is 2. The van der Waals surface area contributed by atoms with Crippen LogP contribution in [0.5, 0.6) is 0 Å². The molecule has 0 radical (unpaired) electrons. The number of piperidine rings is 1. The van der Waals surface area contributed by atoms with Gasteiger partial charge in [-0.2, -0.15) is 0 Å². The number of halogens is 1. The summed E-state index contributed by atoms with van der Waals surface area (Å²) >= 11 is 0. The molecule has 1 saturated heterocycles. The van der Waals surface area contributed by atoms with E-state index in [1.807, 2.05) is 30.3 Å². The minimum atomic E-state index is -0.343. The van der Waals surface area contributed by atoms with Crippen LogP contribution in [-0.2, 0) is 4.79 Å². The lowest BCUT2D eigenvalue weighted by Gasteiger charge is -2.32. The van der Waals surface area contributed by atoms with E-state index < -0.39 is 0 Å². The van der Waals surface area contributed by atoms with Crippen molar-refractivity contribution in [2.24, 2.45) is 5.92 Å². The number of nitrogens with zero attached hydrogens (tertiary/aromatic N) is 3. The molecule has 2 heterocycles. The van der Waals surface area contributed by atoms with Crippen molar-refractivity contribution < 1.29 is 14.0 Å². The molecule has 0 bridgehead atoms. The third kappa shape index (κ3) is 4.18. The lowest BCUT2D eigenvalue weighted by molar-refractivity contribution is -0.121. The van der Waals surface area contributed by atoms with Crippen molar-refractivity contribution in [3.05, 3.63) is 78.6 Å². The normalized spacial score (nSPS) is 16.4. The largest absolute Gasteiger partial charge is 0.337 e. The first-order valence-corrected chi connectivity index (χ1v) is 9.55. The van der Waals surface area contributed by atoms with Crippen molar-refractivity contribution in [3.63, 3.8) is 0 Å². The van der Waals surface area contributed by atoms with E-state index in [1.54, 1.807) is 21.6 Å². The Morgan fingerprint density at radius 3 is 2.59 bits per heavy atom. The lowest BCUT2D eigenvalue weighted by atomic mass is 9.96. The minimum Gasteiger partial charge on any atom is -0.337 e. The standard InChI is InChI=1S/C22H21FN4O2/c23-17-8-10-19(11-9-17)27-15-24-13-20(27)22(29)26-12-4-5-16(14-26)21(28)25-18-6-2-1-3-7-18/h1-3,6-11,13,15-16H,4-5,12,14H2,(H,25,28). The number of nitrogens with one attached hydrogen (secondary N) is 1. The Balaban J connectivity index is 1.48. The molecular weight excluding hydrogens is 371 g/mol. The highest BCUT2D eigenvalue weighted by Crippen LogP contribution is 2.22. The molecule has 1 unspecified atom stereocenters. The topological polar surface area (TPSA) is 67.2 Å². The van der Waals surface area contributed by atoms with E-state index in [1.165, 1.54) is 24.7 Å². The second-order valence-corrected chi connectivity index (χ2v) is 7.07. The smallest absolute Gasteiger partial charge is 0.272 e. The first-order chi connectivity index (χ1) is 14.1. The van der Waals surface area contributed by atoms with Crippen molar-refractivity contribution in [1.29, 1.82) is 0 Å². The third-order valence-electron chi connectivity index (χ3n) is 5.08. The summed E-state index contributed by atoms with van der Waals surface area (Å²) in [5, 5.41) is 2.92. The third-order valence-corrected chi connectivity index (χ3v) is 5.08. The van der Waals surface area contributed by atoms with Gasteiger partial charge in [-0.05, 0) is 49.2 Å². The fraction of sp³-hybridized carbons (Fsp3) is 0.227. The summed E-state index contributed by atoms with van der Waals surface area (Å²) in [7, 11) is 0. The van der Waals surface area contributed by atoms with E-state index in [2.05, 4.69) is 10.3 Å². The maximum absolute atomic E-state index is 13.2. The molecule has 1 atom stereocenters. The SMILES string of the molecule is O=C(Nc1ccccc1)C1CCCN(C(=O)c2cncn2-c2ccc(F)cc2)C1. The number of benzene rings is 2.